The zero-order valence-electron chi connectivity index (χ0n) is 16.6. The van der Waals surface area contributed by atoms with E-state index in [4.69, 9.17) is 4.74 Å². The molecule has 0 bridgehead atoms. The Kier molecular flexibility index (Phi) is 4.71. The first-order valence-electron chi connectivity index (χ1n) is 10.6. The third-order valence-electron chi connectivity index (χ3n) is 8.73. The number of allylic oxidation sites excluding steroid dienone is 1. The van der Waals surface area contributed by atoms with Crippen LogP contribution in [-0.2, 0) is 9.53 Å². The highest BCUT2D eigenvalue weighted by Gasteiger charge is 2.58. The summed E-state index contributed by atoms with van der Waals surface area (Å²) in [6, 6.07) is 0. The van der Waals surface area contributed by atoms with E-state index in [-0.39, 0.29) is 30.1 Å². The van der Waals surface area contributed by atoms with Gasteiger partial charge in [-0.3, -0.25) is 4.79 Å². The quantitative estimate of drug-likeness (QED) is 0.757. The maximum atomic E-state index is 11.5. The number of carbonyl (C=O) groups excluding carboxylic acids is 1. The molecule has 4 aliphatic rings. The second kappa shape index (κ2) is 6.63. The molecule has 4 heteroatoms. The number of fused-ring (bicyclic) bond motifs is 5. The van der Waals surface area contributed by atoms with Crippen LogP contribution in [0.3, 0.4) is 0 Å². The standard InChI is InChI=1S/C22H35NO3/c1-21-10-8-15(26-13-20(25)23-3)12-14(21)4-5-16-17-6-7-19(24)22(17,2)11-9-18(16)21/h12,15-19,24H,4-11,13H2,1-3H3,(H,23,25). The molecule has 7 unspecified atom stereocenters. The molecule has 3 saturated carbocycles. The highest BCUT2D eigenvalue weighted by molar-refractivity contribution is 5.76. The summed E-state index contributed by atoms with van der Waals surface area (Å²) < 4.78 is 5.84. The van der Waals surface area contributed by atoms with Gasteiger partial charge in [0.15, 0.2) is 0 Å². The average molecular weight is 362 g/mol. The van der Waals surface area contributed by atoms with Crippen LogP contribution in [0.1, 0.15) is 65.2 Å². The van der Waals surface area contributed by atoms with Crippen molar-refractivity contribution in [2.24, 2.45) is 28.6 Å². The van der Waals surface area contributed by atoms with Crippen LogP contribution >= 0.6 is 0 Å². The first-order valence-corrected chi connectivity index (χ1v) is 10.6. The van der Waals surface area contributed by atoms with Gasteiger partial charge in [0, 0.05) is 7.05 Å². The summed E-state index contributed by atoms with van der Waals surface area (Å²) in [5.74, 6) is 2.19. The Morgan fingerprint density at radius 3 is 2.77 bits per heavy atom. The molecule has 1 amide bonds. The molecule has 26 heavy (non-hydrogen) atoms. The number of rotatable bonds is 3. The number of carbonyl (C=O) groups is 1. The molecule has 0 spiro atoms. The van der Waals surface area contributed by atoms with E-state index in [2.05, 4.69) is 25.2 Å². The second-order valence-electron chi connectivity index (χ2n) is 9.72. The van der Waals surface area contributed by atoms with Crippen molar-refractivity contribution < 1.29 is 14.6 Å². The van der Waals surface area contributed by atoms with Crippen molar-refractivity contribution in [3.63, 3.8) is 0 Å². The largest absolute Gasteiger partial charge is 0.393 e. The molecular weight excluding hydrogens is 326 g/mol. The Balaban J connectivity index is 1.51. The lowest BCUT2D eigenvalue weighted by Crippen LogP contribution is -2.51. The molecule has 0 aromatic rings. The van der Waals surface area contributed by atoms with Crippen molar-refractivity contribution in [1.82, 2.24) is 5.32 Å². The Morgan fingerprint density at radius 2 is 2.00 bits per heavy atom. The molecule has 0 aromatic carbocycles. The van der Waals surface area contributed by atoms with Crippen LogP contribution < -0.4 is 5.32 Å². The number of amides is 1. The van der Waals surface area contributed by atoms with Gasteiger partial charge in [-0.15, -0.1) is 0 Å². The van der Waals surface area contributed by atoms with Gasteiger partial charge in [0.2, 0.25) is 5.91 Å². The van der Waals surface area contributed by atoms with Crippen molar-refractivity contribution in [3.05, 3.63) is 11.6 Å². The minimum atomic E-state index is -0.0907. The van der Waals surface area contributed by atoms with Crippen molar-refractivity contribution in [3.8, 4) is 0 Å². The number of aliphatic hydroxyl groups excluding tert-OH is 1. The van der Waals surface area contributed by atoms with Gasteiger partial charge in [-0.05, 0) is 80.0 Å². The first kappa shape index (κ1) is 18.5. The molecule has 2 N–H and O–H groups in total. The van der Waals surface area contributed by atoms with Gasteiger partial charge in [0.05, 0.1) is 12.2 Å². The number of hydrogen-bond acceptors (Lipinski definition) is 3. The summed E-state index contributed by atoms with van der Waals surface area (Å²) >= 11 is 0. The van der Waals surface area contributed by atoms with Crippen molar-refractivity contribution >= 4 is 5.91 Å². The van der Waals surface area contributed by atoms with Gasteiger partial charge < -0.3 is 15.2 Å². The zero-order valence-corrected chi connectivity index (χ0v) is 16.6. The van der Waals surface area contributed by atoms with Gasteiger partial charge in [0.25, 0.3) is 0 Å². The number of nitrogens with one attached hydrogen (secondary N) is 1. The normalized spacial score (nSPS) is 47.4. The molecular formula is C22H35NO3. The molecule has 0 saturated heterocycles. The van der Waals surface area contributed by atoms with Crippen LogP contribution in [0.5, 0.6) is 0 Å². The maximum Gasteiger partial charge on any atom is 0.245 e. The lowest BCUT2D eigenvalue weighted by molar-refractivity contribution is -0.127. The van der Waals surface area contributed by atoms with E-state index in [0.29, 0.717) is 11.3 Å². The highest BCUT2D eigenvalue weighted by atomic mass is 16.5. The van der Waals surface area contributed by atoms with Crippen LogP contribution in [-0.4, -0.2) is 36.9 Å². The fourth-order valence-corrected chi connectivity index (χ4v) is 7.06. The molecule has 4 aliphatic carbocycles. The van der Waals surface area contributed by atoms with Gasteiger partial charge in [-0.2, -0.15) is 0 Å². The minimum absolute atomic E-state index is 0.0493. The Labute approximate surface area is 157 Å². The molecule has 0 aliphatic heterocycles. The summed E-state index contributed by atoms with van der Waals surface area (Å²) in [6.45, 7) is 4.99. The van der Waals surface area contributed by atoms with E-state index in [0.717, 1.165) is 24.7 Å². The molecule has 3 fully saturated rings. The molecule has 146 valence electrons. The summed E-state index contributed by atoms with van der Waals surface area (Å²) in [7, 11) is 1.65. The second-order valence-corrected chi connectivity index (χ2v) is 9.72. The van der Waals surface area contributed by atoms with Crippen LogP contribution in [0.2, 0.25) is 0 Å². The van der Waals surface area contributed by atoms with Crippen molar-refractivity contribution in [2.45, 2.75) is 77.4 Å². The van der Waals surface area contributed by atoms with E-state index < -0.39 is 0 Å². The molecule has 0 heterocycles. The van der Waals surface area contributed by atoms with E-state index in [1.165, 1.54) is 38.5 Å². The minimum Gasteiger partial charge on any atom is -0.393 e. The van der Waals surface area contributed by atoms with Crippen LogP contribution in [0, 0.1) is 28.6 Å². The maximum absolute atomic E-state index is 11.5. The zero-order chi connectivity index (χ0) is 18.5. The van der Waals surface area contributed by atoms with E-state index in [1.54, 1.807) is 12.6 Å². The fourth-order valence-electron chi connectivity index (χ4n) is 7.06. The third kappa shape index (κ3) is 2.75. The molecule has 4 nitrogen and oxygen atoms in total. The summed E-state index contributed by atoms with van der Waals surface area (Å²) in [4.78, 5) is 11.5. The summed E-state index contributed by atoms with van der Waals surface area (Å²) in [5.41, 5.74) is 2.03. The Bertz CT molecular complexity index is 602. The number of ether oxygens (including phenoxy) is 1. The predicted octanol–water partition coefficient (Wildman–Crippen LogP) is 3.44. The summed E-state index contributed by atoms with van der Waals surface area (Å²) in [5, 5.41) is 13.2. The number of hydrogen-bond donors (Lipinski definition) is 2. The SMILES string of the molecule is CNC(=O)COC1C=C2CCC3C(CCC4(C)C(O)CCC34)C2(C)CC1. The Morgan fingerprint density at radius 1 is 1.19 bits per heavy atom. The number of likely N-dealkylation sites (N-methyl/N-ethyl adjacent to an activating group) is 1. The predicted molar refractivity (Wildman–Crippen MR) is 102 cm³/mol. The van der Waals surface area contributed by atoms with Crippen molar-refractivity contribution in [2.75, 3.05) is 13.7 Å². The van der Waals surface area contributed by atoms with Gasteiger partial charge in [0.1, 0.15) is 6.61 Å². The molecule has 0 aromatic heterocycles. The van der Waals surface area contributed by atoms with E-state index >= 15 is 0 Å². The lowest BCUT2D eigenvalue weighted by Gasteiger charge is -2.58. The topological polar surface area (TPSA) is 58.6 Å². The first-order chi connectivity index (χ1) is 12.4. The average Bonchev–Trinajstić information content (AvgIpc) is 2.94. The lowest BCUT2D eigenvalue weighted by atomic mass is 9.47. The summed E-state index contributed by atoms with van der Waals surface area (Å²) in [6.07, 6.45) is 11.6. The van der Waals surface area contributed by atoms with Crippen LogP contribution in [0.25, 0.3) is 0 Å². The van der Waals surface area contributed by atoms with Crippen LogP contribution in [0.4, 0.5) is 0 Å². The Hall–Kier alpha value is -0.870. The third-order valence-corrected chi connectivity index (χ3v) is 8.73. The van der Waals surface area contributed by atoms with Gasteiger partial charge in [-0.1, -0.05) is 25.5 Å². The van der Waals surface area contributed by atoms with E-state index in [1.807, 2.05) is 0 Å². The fraction of sp³-hybridized carbons (Fsp3) is 0.864. The monoisotopic (exact) mass is 361 g/mol. The molecule has 7 atom stereocenters. The smallest absolute Gasteiger partial charge is 0.245 e. The van der Waals surface area contributed by atoms with E-state index in [9.17, 15) is 9.90 Å². The van der Waals surface area contributed by atoms with Crippen molar-refractivity contribution in [1.29, 1.82) is 0 Å². The number of aliphatic hydroxyl groups is 1. The van der Waals surface area contributed by atoms with Gasteiger partial charge >= 0.3 is 0 Å². The van der Waals surface area contributed by atoms with Gasteiger partial charge in [-0.25, -0.2) is 0 Å². The highest BCUT2D eigenvalue weighted by Crippen LogP contribution is 2.65. The molecule has 0 radical (unpaired) electrons. The molecule has 4 rings (SSSR count). The van der Waals surface area contributed by atoms with Crippen LogP contribution in [0.15, 0.2) is 11.6 Å².